The Hall–Kier alpha value is -1.35. The van der Waals surface area contributed by atoms with E-state index in [1.54, 1.807) is 0 Å². The molecule has 1 fully saturated rings. The molecule has 0 radical (unpaired) electrons. The van der Waals surface area contributed by atoms with E-state index in [0.29, 0.717) is 13.0 Å². The fourth-order valence-corrected chi connectivity index (χ4v) is 1.96. The smallest absolute Gasteiger partial charge is 0.306 e. The van der Waals surface area contributed by atoms with Gasteiger partial charge < -0.3 is 9.47 Å². The summed E-state index contributed by atoms with van der Waals surface area (Å²) >= 11 is 0. The van der Waals surface area contributed by atoms with Gasteiger partial charge in [0.05, 0.1) is 6.10 Å². The van der Waals surface area contributed by atoms with Gasteiger partial charge in [-0.2, -0.15) is 0 Å². The second-order valence-electron chi connectivity index (χ2n) is 4.32. The predicted octanol–water partition coefficient (Wildman–Crippen LogP) is 2.69. The molecule has 0 aromatic heterocycles. The van der Waals surface area contributed by atoms with E-state index in [4.69, 9.17) is 9.47 Å². The van der Waals surface area contributed by atoms with Crippen LogP contribution in [0.1, 0.15) is 31.2 Å². The van der Waals surface area contributed by atoms with Crippen LogP contribution in [0.5, 0.6) is 0 Å². The first-order valence-corrected chi connectivity index (χ1v) is 6.16. The van der Waals surface area contributed by atoms with Crippen molar-refractivity contribution < 1.29 is 14.3 Å². The highest BCUT2D eigenvalue weighted by atomic mass is 16.5. The van der Waals surface area contributed by atoms with Gasteiger partial charge in [-0.25, -0.2) is 0 Å². The molecular weight excluding hydrogens is 216 g/mol. The molecule has 1 atom stereocenters. The topological polar surface area (TPSA) is 35.5 Å². The standard InChI is InChI=1S/C14H18O3/c15-14(9-8-13-7-4-10-16-13)17-11-12-5-2-1-3-6-12/h1-3,5-6,13H,4,7-11H2. The van der Waals surface area contributed by atoms with Crippen molar-refractivity contribution >= 4 is 5.97 Å². The zero-order valence-corrected chi connectivity index (χ0v) is 9.93. The fraction of sp³-hybridized carbons (Fsp3) is 0.500. The normalized spacial score (nSPS) is 19.2. The highest BCUT2D eigenvalue weighted by Crippen LogP contribution is 2.17. The zero-order chi connectivity index (χ0) is 11.9. The largest absolute Gasteiger partial charge is 0.461 e. The lowest BCUT2D eigenvalue weighted by Crippen LogP contribution is -2.10. The summed E-state index contributed by atoms with van der Waals surface area (Å²) in [5, 5.41) is 0. The Labute approximate surface area is 102 Å². The zero-order valence-electron chi connectivity index (χ0n) is 9.93. The van der Waals surface area contributed by atoms with Gasteiger partial charge >= 0.3 is 5.97 Å². The van der Waals surface area contributed by atoms with E-state index in [-0.39, 0.29) is 12.1 Å². The maximum Gasteiger partial charge on any atom is 0.306 e. The van der Waals surface area contributed by atoms with E-state index < -0.39 is 0 Å². The molecule has 1 heterocycles. The number of hydrogen-bond acceptors (Lipinski definition) is 3. The number of rotatable bonds is 5. The van der Waals surface area contributed by atoms with Gasteiger partial charge in [0, 0.05) is 13.0 Å². The van der Waals surface area contributed by atoms with Crippen molar-refractivity contribution in [1.29, 1.82) is 0 Å². The summed E-state index contributed by atoms with van der Waals surface area (Å²) in [5.74, 6) is -0.135. The minimum Gasteiger partial charge on any atom is -0.461 e. The van der Waals surface area contributed by atoms with E-state index in [1.165, 1.54) is 0 Å². The van der Waals surface area contributed by atoms with Crippen molar-refractivity contribution in [3.8, 4) is 0 Å². The Morgan fingerprint density at radius 2 is 2.18 bits per heavy atom. The first-order valence-electron chi connectivity index (χ1n) is 6.16. The third kappa shape index (κ3) is 4.19. The van der Waals surface area contributed by atoms with Gasteiger partial charge in [0.1, 0.15) is 6.61 Å². The number of carbonyl (C=O) groups excluding carboxylic acids is 1. The Bertz CT molecular complexity index is 342. The van der Waals surface area contributed by atoms with E-state index in [9.17, 15) is 4.79 Å². The molecule has 17 heavy (non-hydrogen) atoms. The molecule has 1 aromatic carbocycles. The lowest BCUT2D eigenvalue weighted by Gasteiger charge is -2.08. The average molecular weight is 234 g/mol. The van der Waals surface area contributed by atoms with Crippen molar-refractivity contribution in [1.82, 2.24) is 0 Å². The number of benzene rings is 1. The number of hydrogen-bond donors (Lipinski definition) is 0. The summed E-state index contributed by atoms with van der Waals surface area (Å²) in [6.45, 7) is 1.20. The summed E-state index contributed by atoms with van der Waals surface area (Å²) in [5.41, 5.74) is 1.03. The van der Waals surface area contributed by atoms with Gasteiger partial charge in [-0.05, 0) is 24.8 Å². The maximum absolute atomic E-state index is 11.5. The van der Waals surface area contributed by atoms with Crippen LogP contribution in [0, 0.1) is 0 Å². The van der Waals surface area contributed by atoms with Crippen LogP contribution < -0.4 is 0 Å². The van der Waals surface area contributed by atoms with Gasteiger partial charge in [0.15, 0.2) is 0 Å². The molecule has 0 aliphatic carbocycles. The Morgan fingerprint density at radius 3 is 2.88 bits per heavy atom. The maximum atomic E-state index is 11.5. The van der Waals surface area contributed by atoms with Crippen LogP contribution in [0.2, 0.25) is 0 Å². The molecule has 1 saturated heterocycles. The molecular formula is C14H18O3. The highest BCUT2D eigenvalue weighted by molar-refractivity contribution is 5.69. The second-order valence-corrected chi connectivity index (χ2v) is 4.32. The minimum absolute atomic E-state index is 0.135. The van der Waals surface area contributed by atoms with Gasteiger partial charge in [-0.1, -0.05) is 30.3 Å². The molecule has 3 heteroatoms. The lowest BCUT2D eigenvalue weighted by atomic mass is 10.1. The lowest BCUT2D eigenvalue weighted by molar-refractivity contribution is -0.145. The van der Waals surface area contributed by atoms with Gasteiger partial charge in [-0.3, -0.25) is 4.79 Å². The Morgan fingerprint density at radius 1 is 1.35 bits per heavy atom. The summed E-state index contributed by atoms with van der Waals surface area (Å²) in [6, 6.07) is 9.73. The molecule has 0 spiro atoms. The van der Waals surface area contributed by atoms with Crippen molar-refractivity contribution in [2.75, 3.05) is 6.61 Å². The molecule has 0 saturated carbocycles. The van der Waals surface area contributed by atoms with Crippen molar-refractivity contribution in [3.63, 3.8) is 0 Å². The average Bonchev–Trinajstić information content (AvgIpc) is 2.88. The van der Waals surface area contributed by atoms with E-state index >= 15 is 0 Å². The van der Waals surface area contributed by atoms with Crippen molar-refractivity contribution in [2.24, 2.45) is 0 Å². The van der Waals surface area contributed by atoms with Crippen molar-refractivity contribution in [3.05, 3.63) is 35.9 Å². The summed E-state index contributed by atoms with van der Waals surface area (Å²) in [7, 11) is 0. The molecule has 0 amide bonds. The predicted molar refractivity (Wildman–Crippen MR) is 64.4 cm³/mol. The minimum atomic E-state index is -0.135. The Kier molecular flexibility index (Phi) is 4.56. The summed E-state index contributed by atoms with van der Waals surface area (Å²) < 4.78 is 10.7. The summed E-state index contributed by atoms with van der Waals surface area (Å²) in [4.78, 5) is 11.5. The number of carbonyl (C=O) groups is 1. The molecule has 2 rings (SSSR count). The Balaban J connectivity index is 1.64. The van der Waals surface area contributed by atoms with Crippen LogP contribution in [0.3, 0.4) is 0 Å². The third-order valence-corrected chi connectivity index (χ3v) is 2.94. The molecule has 0 N–H and O–H groups in total. The van der Waals surface area contributed by atoms with E-state index in [2.05, 4.69) is 0 Å². The van der Waals surface area contributed by atoms with Crippen LogP contribution in [0.25, 0.3) is 0 Å². The highest BCUT2D eigenvalue weighted by Gasteiger charge is 2.17. The molecule has 0 bridgehead atoms. The van der Waals surface area contributed by atoms with Crippen LogP contribution >= 0.6 is 0 Å². The monoisotopic (exact) mass is 234 g/mol. The van der Waals surface area contributed by atoms with E-state index in [1.807, 2.05) is 30.3 Å². The molecule has 92 valence electrons. The van der Waals surface area contributed by atoms with Gasteiger partial charge in [0.25, 0.3) is 0 Å². The molecule has 1 aliphatic rings. The molecule has 1 aromatic rings. The van der Waals surface area contributed by atoms with Crippen LogP contribution in [0.4, 0.5) is 0 Å². The quantitative estimate of drug-likeness (QED) is 0.735. The van der Waals surface area contributed by atoms with Crippen LogP contribution in [-0.4, -0.2) is 18.7 Å². The van der Waals surface area contributed by atoms with Gasteiger partial charge in [0.2, 0.25) is 0 Å². The third-order valence-electron chi connectivity index (χ3n) is 2.94. The number of ether oxygens (including phenoxy) is 2. The van der Waals surface area contributed by atoms with Crippen LogP contribution in [-0.2, 0) is 20.9 Å². The SMILES string of the molecule is O=C(CCC1CCCO1)OCc1ccccc1. The first kappa shape index (κ1) is 12.1. The number of esters is 1. The second kappa shape index (κ2) is 6.40. The van der Waals surface area contributed by atoms with E-state index in [0.717, 1.165) is 31.4 Å². The molecule has 1 aliphatic heterocycles. The summed E-state index contributed by atoms with van der Waals surface area (Å²) in [6.07, 6.45) is 3.69. The molecule has 3 nitrogen and oxygen atoms in total. The van der Waals surface area contributed by atoms with Gasteiger partial charge in [-0.15, -0.1) is 0 Å². The van der Waals surface area contributed by atoms with Crippen molar-refractivity contribution in [2.45, 2.75) is 38.4 Å². The molecule has 1 unspecified atom stereocenters. The first-order chi connectivity index (χ1) is 8.34. The fourth-order valence-electron chi connectivity index (χ4n) is 1.96. The van der Waals surface area contributed by atoms with Crippen LogP contribution in [0.15, 0.2) is 30.3 Å².